The number of hydrogen-bond acceptors (Lipinski definition) is 1. The average Bonchev–Trinajstić information content (AvgIpc) is 3.21. The lowest BCUT2D eigenvalue weighted by Gasteiger charge is -2.16. The first-order valence-electron chi connectivity index (χ1n) is 6.01. The van der Waals surface area contributed by atoms with Gasteiger partial charge in [0.05, 0.1) is 11.6 Å². The topological polar surface area (TPSA) is 23.8 Å². The van der Waals surface area contributed by atoms with Gasteiger partial charge in [-0.3, -0.25) is 0 Å². The van der Waals surface area contributed by atoms with Crippen LogP contribution in [0.4, 0.5) is 0 Å². The van der Waals surface area contributed by atoms with Gasteiger partial charge >= 0.3 is 0 Å². The third-order valence-corrected chi connectivity index (χ3v) is 3.97. The number of halogens is 1. The second kappa shape index (κ2) is 4.15. The van der Waals surface area contributed by atoms with Crippen LogP contribution in [0.25, 0.3) is 0 Å². The van der Waals surface area contributed by atoms with Gasteiger partial charge in [-0.15, -0.1) is 0 Å². The summed E-state index contributed by atoms with van der Waals surface area (Å²) in [6, 6.07) is 18.2. The molecule has 2 aromatic carbocycles. The maximum atomic E-state index is 8.83. The van der Waals surface area contributed by atoms with Gasteiger partial charge in [0, 0.05) is 10.4 Å². The summed E-state index contributed by atoms with van der Waals surface area (Å²) in [4.78, 5) is 0. The Bertz CT molecular complexity index is 601. The van der Waals surface area contributed by atoms with Crippen molar-refractivity contribution in [1.82, 2.24) is 0 Å². The Morgan fingerprint density at radius 3 is 1.83 bits per heavy atom. The molecule has 0 atom stereocenters. The van der Waals surface area contributed by atoms with E-state index in [0.717, 1.165) is 5.02 Å². The summed E-state index contributed by atoms with van der Waals surface area (Å²) in [5.41, 5.74) is 3.48. The van der Waals surface area contributed by atoms with Crippen LogP contribution in [0.5, 0.6) is 0 Å². The highest BCUT2D eigenvalue weighted by atomic mass is 35.5. The Morgan fingerprint density at radius 2 is 1.39 bits per heavy atom. The van der Waals surface area contributed by atoms with Crippen LogP contribution in [0.1, 0.15) is 29.5 Å². The molecular weight excluding hydrogens is 242 g/mol. The summed E-state index contributed by atoms with van der Waals surface area (Å²) in [7, 11) is 0. The standard InChI is InChI=1S/C16H12ClN/c17-15-7-5-14(6-8-15)16(9-10-16)13-3-1-12(11-18)2-4-13/h1-8H,9-10H2. The first-order valence-corrected chi connectivity index (χ1v) is 6.39. The summed E-state index contributed by atoms with van der Waals surface area (Å²) >= 11 is 5.93. The lowest BCUT2D eigenvalue weighted by Crippen LogP contribution is -2.08. The summed E-state index contributed by atoms with van der Waals surface area (Å²) < 4.78 is 0. The van der Waals surface area contributed by atoms with Gasteiger partial charge in [-0.25, -0.2) is 0 Å². The molecule has 1 saturated carbocycles. The SMILES string of the molecule is N#Cc1ccc(C2(c3ccc(Cl)cc3)CC2)cc1. The van der Waals surface area contributed by atoms with Crippen molar-refractivity contribution < 1.29 is 0 Å². The molecule has 2 aromatic rings. The first kappa shape index (κ1) is 11.3. The van der Waals surface area contributed by atoms with Crippen LogP contribution in [0.2, 0.25) is 5.02 Å². The van der Waals surface area contributed by atoms with E-state index in [9.17, 15) is 0 Å². The lowest BCUT2D eigenvalue weighted by molar-refractivity contribution is 0.847. The van der Waals surface area contributed by atoms with Crippen LogP contribution in [-0.4, -0.2) is 0 Å². The van der Waals surface area contributed by atoms with E-state index < -0.39 is 0 Å². The molecule has 2 heteroatoms. The molecule has 0 saturated heterocycles. The van der Waals surface area contributed by atoms with Crippen LogP contribution in [0, 0.1) is 11.3 Å². The van der Waals surface area contributed by atoms with E-state index in [1.54, 1.807) is 0 Å². The molecule has 88 valence electrons. The third kappa shape index (κ3) is 1.79. The highest BCUT2D eigenvalue weighted by molar-refractivity contribution is 6.30. The van der Waals surface area contributed by atoms with E-state index in [1.807, 2.05) is 24.3 Å². The molecule has 0 heterocycles. The van der Waals surface area contributed by atoms with Gasteiger partial charge in [0.25, 0.3) is 0 Å². The molecule has 0 amide bonds. The minimum Gasteiger partial charge on any atom is -0.192 e. The van der Waals surface area contributed by atoms with Crippen LogP contribution in [-0.2, 0) is 5.41 Å². The van der Waals surface area contributed by atoms with Crippen LogP contribution >= 0.6 is 11.6 Å². The van der Waals surface area contributed by atoms with Crippen LogP contribution < -0.4 is 0 Å². The number of rotatable bonds is 2. The number of nitrogens with zero attached hydrogens (tertiary/aromatic N) is 1. The highest BCUT2D eigenvalue weighted by Crippen LogP contribution is 2.53. The Kier molecular flexibility index (Phi) is 2.61. The zero-order valence-corrected chi connectivity index (χ0v) is 10.6. The quantitative estimate of drug-likeness (QED) is 0.783. The average molecular weight is 254 g/mol. The molecule has 0 aromatic heterocycles. The molecule has 0 N–H and O–H groups in total. The Labute approximate surface area is 112 Å². The third-order valence-electron chi connectivity index (χ3n) is 3.71. The second-order valence-corrected chi connectivity index (χ2v) is 5.21. The van der Waals surface area contributed by atoms with Gasteiger partial charge in [0.1, 0.15) is 0 Å². The molecular formula is C16H12ClN. The molecule has 0 bridgehead atoms. The van der Waals surface area contributed by atoms with E-state index in [2.05, 4.69) is 30.3 Å². The van der Waals surface area contributed by atoms with E-state index in [1.165, 1.54) is 24.0 Å². The predicted octanol–water partition coefficient (Wildman–Crippen LogP) is 4.29. The second-order valence-electron chi connectivity index (χ2n) is 4.78. The van der Waals surface area contributed by atoms with Gasteiger partial charge in [-0.1, -0.05) is 35.9 Å². The Morgan fingerprint density at radius 1 is 0.889 bits per heavy atom. The molecule has 0 spiro atoms. The molecule has 1 nitrogen and oxygen atoms in total. The Balaban J connectivity index is 1.99. The zero-order chi connectivity index (χ0) is 12.6. The van der Waals surface area contributed by atoms with E-state index in [4.69, 9.17) is 16.9 Å². The highest BCUT2D eigenvalue weighted by Gasteiger charge is 2.45. The van der Waals surface area contributed by atoms with Crippen LogP contribution in [0.3, 0.4) is 0 Å². The maximum Gasteiger partial charge on any atom is 0.0991 e. The molecule has 1 fully saturated rings. The predicted molar refractivity (Wildman–Crippen MR) is 72.6 cm³/mol. The first-order chi connectivity index (χ1) is 8.74. The molecule has 0 radical (unpaired) electrons. The minimum absolute atomic E-state index is 0.151. The fourth-order valence-electron chi connectivity index (χ4n) is 2.50. The molecule has 1 aliphatic rings. The van der Waals surface area contributed by atoms with Crippen molar-refractivity contribution in [3.8, 4) is 6.07 Å². The van der Waals surface area contributed by atoms with Gasteiger partial charge < -0.3 is 0 Å². The van der Waals surface area contributed by atoms with Crippen molar-refractivity contribution in [2.45, 2.75) is 18.3 Å². The molecule has 0 aliphatic heterocycles. The summed E-state index contributed by atoms with van der Waals surface area (Å²) in [5.74, 6) is 0. The van der Waals surface area contributed by atoms with Gasteiger partial charge in [0.15, 0.2) is 0 Å². The summed E-state index contributed by atoms with van der Waals surface area (Å²) in [5, 5.41) is 9.60. The van der Waals surface area contributed by atoms with Crippen molar-refractivity contribution in [2.75, 3.05) is 0 Å². The number of hydrogen-bond donors (Lipinski definition) is 0. The Hall–Kier alpha value is -1.78. The van der Waals surface area contributed by atoms with Crippen molar-refractivity contribution in [1.29, 1.82) is 5.26 Å². The minimum atomic E-state index is 0.151. The summed E-state index contributed by atoms with van der Waals surface area (Å²) in [6.45, 7) is 0. The number of nitriles is 1. The van der Waals surface area contributed by atoms with E-state index >= 15 is 0 Å². The monoisotopic (exact) mass is 253 g/mol. The molecule has 0 unspecified atom stereocenters. The fraction of sp³-hybridized carbons (Fsp3) is 0.188. The number of benzene rings is 2. The van der Waals surface area contributed by atoms with Crippen molar-refractivity contribution in [3.63, 3.8) is 0 Å². The fourth-order valence-corrected chi connectivity index (χ4v) is 2.63. The maximum absolute atomic E-state index is 8.83. The van der Waals surface area contributed by atoms with Crippen molar-refractivity contribution >= 4 is 11.6 Å². The molecule has 3 rings (SSSR count). The summed E-state index contributed by atoms with van der Waals surface area (Å²) in [6.07, 6.45) is 2.33. The van der Waals surface area contributed by atoms with E-state index in [-0.39, 0.29) is 5.41 Å². The largest absolute Gasteiger partial charge is 0.192 e. The zero-order valence-electron chi connectivity index (χ0n) is 9.86. The van der Waals surface area contributed by atoms with Gasteiger partial charge in [0.2, 0.25) is 0 Å². The van der Waals surface area contributed by atoms with Crippen LogP contribution in [0.15, 0.2) is 48.5 Å². The smallest absolute Gasteiger partial charge is 0.0991 e. The normalized spacial score (nSPS) is 16.0. The van der Waals surface area contributed by atoms with Crippen molar-refractivity contribution in [2.24, 2.45) is 0 Å². The molecule has 18 heavy (non-hydrogen) atoms. The van der Waals surface area contributed by atoms with Gasteiger partial charge in [-0.2, -0.15) is 5.26 Å². The van der Waals surface area contributed by atoms with E-state index in [0.29, 0.717) is 5.56 Å². The van der Waals surface area contributed by atoms with Gasteiger partial charge in [-0.05, 0) is 48.2 Å². The van der Waals surface area contributed by atoms with Crippen molar-refractivity contribution in [3.05, 3.63) is 70.2 Å². The molecule has 1 aliphatic carbocycles. The lowest BCUT2D eigenvalue weighted by atomic mass is 9.88.